The lowest BCUT2D eigenvalue weighted by atomic mass is 10.2. The van der Waals surface area contributed by atoms with Crippen LogP contribution in [0.25, 0.3) is 11.0 Å². The van der Waals surface area contributed by atoms with Crippen molar-refractivity contribution >= 4 is 21.0 Å². The summed E-state index contributed by atoms with van der Waals surface area (Å²) in [4.78, 5) is 16.4. The van der Waals surface area contributed by atoms with Crippen LogP contribution in [0, 0.1) is 0 Å². The van der Waals surface area contributed by atoms with Gasteiger partial charge in [0.25, 0.3) is 10.0 Å². The molecule has 7 heteroatoms. The molecule has 1 aromatic carbocycles. The molecule has 1 aliphatic rings. The number of benzene rings is 1. The third-order valence-electron chi connectivity index (χ3n) is 3.13. The molecule has 0 spiro atoms. The second kappa shape index (κ2) is 5.01. The van der Waals surface area contributed by atoms with Crippen LogP contribution < -0.4 is 5.63 Å². The van der Waals surface area contributed by atoms with E-state index in [1.54, 1.807) is 0 Å². The number of fused-ring (bicyclic) bond motifs is 1. The van der Waals surface area contributed by atoms with Gasteiger partial charge in [-0.05, 0) is 37.1 Å². The van der Waals surface area contributed by atoms with Gasteiger partial charge in [-0.25, -0.2) is 13.2 Å². The largest absolute Gasteiger partial charge is 0.423 e. The summed E-state index contributed by atoms with van der Waals surface area (Å²) in [6.07, 6.45) is 1.64. The Hall–Kier alpha value is -1.70. The number of hydrogen-bond donors (Lipinski definition) is 0. The second-order valence-corrected chi connectivity index (χ2v) is 6.35. The molecule has 0 radical (unpaired) electrons. The molecule has 1 fully saturated rings. The van der Waals surface area contributed by atoms with E-state index >= 15 is 0 Å². The van der Waals surface area contributed by atoms with Gasteiger partial charge in [0.15, 0.2) is 0 Å². The minimum atomic E-state index is -3.67. The molecule has 2 aromatic rings. The van der Waals surface area contributed by atoms with Gasteiger partial charge in [-0.3, -0.25) is 4.84 Å². The van der Waals surface area contributed by atoms with E-state index in [0.29, 0.717) is 24.1 Å². The van der Waals surface area contributed by atoms with Crippen molar-refractivity contribution in [3.63, 3.8) is 0 Å². The van der Waals surface area contributed by atoms with E-state index in [2.05, 4.69) is 0 Å². The average molecular weight is 295 g/mol. The summed E-state index contributed by atoms with van der Waals surface area (Å²) in [5.74, 6) is 0. The molecule has 20 heavy (non-hydrogen) atoms. The molecule has 2 heterocycles. The fraction of sp³-hybridized carbons (Fsp3) is 0.308. The predicted octanol–water partition coefficient (Wildman–Crippen LogP) is 1.51. The number of nitrogens with zero attached hydrogens (tertiary/aromatic N) is 1. The highest BCUT2D eigenvalue weighted by molar-refractivity contribution is 7.89. The van der Waals surface area contributed by atoms with Crippen molar-refractivity contribution in [3.05, 3.63) is 40.8 Å². The van der Waals surface area contributed by atoms with Crippen molar-refractivity contribution in [2.75, 3.05) is 13.2 Å². The summed E-state index contributed by atoms with van der Waals surface area (Å²) >= 11 is 0. The van der Waals surface area contributed by atoms with Crippen molar-refractivity contribution in [2.45, 2.75) is 17.7 Å². The Morgan fingerprint density at radius 3 is 2.70 bits per heavy atom. The maximum atomic E-state index is 12.4. The lowest BCUT2D eigenvalue weighted by molar-refractivity contribution is -0.108. The summed E-state index contributed by atoms with van der Waals surface area (Å²) in [6.45, 7) is 0.756. The van der Waals surface area contributed by atoms with Gasteiger partial charge in [0.05, 0.1) is 11.5 Å². The van der Waals surface area contributed by atoms with Crippen molar-refractivity contribution in [1.82, 2.24) is 4.47 Å². The Bertz CT molecular complexity index is 790. The lowest BCUT2D eigenvalue weighted by Crippen LogP contribution is -2.35. The van der Waals surface area contributed by atoms with Crippen LogP contribution in [0.15, 0.2) is 44.4 Å². The maximum absolute atomic E-state index is 12.4. The predicted molar refractivity (Wildman–Crippen MR) is 71.6 cm³/mol. The van der Waals surface area contributed by atoms with Crippen LogP contribution in [0.3, 0.4) is 0 Å². The minimum absolute atomic E-state index is 0.126. The van der Waals surface area contributed by atoms with E-state index in [0.717, 1.165) is 17.3 Å². The van der Waals surface area contributed by atoms with Crippen LogP contribution in [0.2, 0.25) is 0 Å². The summed E-state index contributed by atoms with van der Waals surface area (Å²) in [5.41, 5.74) is -0.108. The van der Waals surface area contributed by atoms with Crippen LogP contribution in [0.4, 0.5) is 0 Å². The third kappa shape index (κ3) is 2.35. The first-order valence-electron chi connectivity index (χ1n) is 6.27. The minimum Gasteiger partial charge on any atom is -0.423 e. The highest BCUT2D eigenvalue weighted by Gasteiger charge is 2.27. The van der Waals surface area contributed by atoms with E-state index in [-0.39, 0.29) is 4.90 Å². The van der Waals surface area contributed by atoms with Gasteiger partial charge in [0, 0.05) is 18.0 Å². The van der Waals surface area contributed by atoms with Crippen molar-refractivity contribution < 1.29 is 17.7 Å². The Labute approximate surface area is 115 Å². The molecule has 0 amide bonds. The van der Waals surface area contributed by atoms with Gasteiger partial charge in [-0.2, -0.15) is 0 Å². The number of sulfonamides is 1. The van der Waals surface area contributed by atoms with Crippen molar-refractivity contribution in [2.24, 2.45) is 0 Å². The highest BCUT2D eigenvalue weighted by Crippen LogP contribution is 2.23. The fourth-order valence-electron chi connectivity index (χ4n) is 2.09. The molecule has 6 nitrogen and oxygen atoms in total. The van der Waals surface area contributed by atoms with E-state index in [4.69, 9.17) is 9.25 Å². The topological polar surface area (TPSA) is 76.8 Å². The Morgan fingerprint density at radius 2 is 1.95 bits per heavy atom. The molecule has 1 aromatic heterocycles. The van der Waals surface area contributed by atoms with Gasteiger partial charge in [-0.15, -0.1) is 0 Å². The van der Waals surface area contributed by atoms with Gasteiger partial charge < -0.3 is 4.42 Å². The van der Waals surface area contributed by atoms with E-state index in [9.17, 15) is 13.2 Å². The Kier molecular flexibility index (Phi) is 3.33. The quantitative estimate of drug-likeness (QED) is 0.785. The molecule has 0 atom stereocenters. The van der Waals surface area contributed by atoms with Gasteiger partial charge >= 0.3 is 5.63 Å². The van der Waals surface area contributed by atoms with Crippen LogP contribution in [0.1, 0.15) is 12.8 Å². The van der Waals surface area contributed by atoms with Crippen LogP contribution >= 0.6 is 0 Å². The first-order chi connectivity index (χ1) is 9.57. The number of rotatable bonds is 2. The molecule has 3 rings (SSSR count). The standard InChI is InChI=1S/C13H13NO5S/c15-13-6-3-10-9-11(4-5-12(10)19-13)20(16,17)14-7-1-2-8-18-14/h3-6,9H,1-2,7-8H2. The zero-order valence-electron chi connectivity index (χ0n) is 10.6. The van der Waals surface area contributed by atoms with E-state index < -0.39 is 15.6 Å². The first-order valence-corrected chi connectivity index (χ1v) is 7.71. The summed E-state index contributed by atoms with van der Waals surface area (Å²) in [7, 11) is -3.67. The zero-order chi connectivity index (χ0) is 14.2. The smallest absolute Gasteiger partial charge is 0.336 e. The van der Waals surface area contributed by atoms with Crippen molar-refractivity contribution in [1.29, 1.82) is 0 Å². The molecule has 0 aliphatic carbocycles. The maximum Gasteiger partial charge on any atom is 0.336 e. The van der Waals surface area contributed by atoms with Crippen molar-refractivity contribution in [3.8, 4) is 0 Å². The molecule has 0 N–H and O–H groups in total. The summed E-state index contributed by atoms with van der Waals surface area (Å²) in [5, 5.41) is 0.558. The Morgan fingerprint density at radius 1 is 1.10 bits per heavy atom. The van der Waals surface area contributed by atoms with E-state index in [1.807, 2.05) is 0 Å². The van der Waals surface area contributed by atoms with E-state index in [1.165, 1.54) is 30.3 Å². The monoisotopic (exact) mass is 295 g/mol. The Balaban J connectivity index is 2.04. The van der Waals surface area contributed by atoms with Gasteiger partial charge in [0.1, 0.15) is 5.58 Å². The molecule has 1 saturated heterocycles. The van der Waals surface area contributed by atoms with Crippen LogP contribution in [0.5, 0.6) is 0 Å². The zero-order valence-corrected chi connectivity index (χ0v) is 11.4. The van der Waals surface area contributed by atoms with Crippen LogP contribution in [-0.4, -0.2) is 26.0 Å². The van der Waals surface area contributed by atoms with Gasteiger partial charge in [0.2, 0.25) is 0 Å². The molecule has 106 valence electrons. The summed E-state index contributed by atoms with van der Waals surface area (Å²) in [6, 6.07) is 7.17. The highest BCUT2D eigenvalue weighted by atomic mass is 32.2. The fourth-order valence-corrected chi connectivity index (χ4v) is 3.43. The number of hydroxylamine groups is 1. The first kappa shape index (κ1) is 13.3. The molecular weight excluding hydrogens is 282 g/mol. The lowest BCUT2D eigenvalue weighted by Gasteiger charge is -2.25. The van der Waals surface area contributed by atoms with Gasteiger partial charge in [-0.1, -0.05) is 4.47 Å². The molecule has 1 aliphatic heterocycles. The second-order valence-electron chi connectivity index (χ2n) is 4.53. The SMILES string of the molecule is O=c1ccc2cc(S(=O)(=O)N3CCCCO3)ccc2o1. The molecule has 0 bridgehead atoms. The molecule has 0 saturated carbocycles. The molecular formula is C13H13NO5S. The van der Waals surface area contributed by atoms with Crippen LogP contribution in [-0.2, 0) is 14.9 Å². The number of hydrogen-bond acceptors (Lipinski definition) is 5. The average Bonchev–Trinajstić information content (AvgIpc) is 2.47. The normalized spacial score (nSPS) is 17.4. The molecule has 0 unspecified atom stereocenters. The summed E-state index contributed by atoms with van der Waals surface area (Å²) < 4.78 is 30.8. The third-order valence-corrected chi connectivity index (χ3v) is 4.80.